The number of H-pyrrole nitrogens is 1. The highest BCUT2D eigenvalue weighted by Crippen LogP contribution is 2.29. The van der Waals surface area contributed by atoms with Crippen LogP contribution in [0.4, 0.5) is 0 Å². The van der Waals surface area contributed by atoms with Crippen LogP contribution in [0, 0.1) is 6.92 Å². The predicted molar refractivity (Wildman–Crippen MR) is 105 cm³/mol. The summed E-state index contributed by atoms with van der Waals surface area (Å²) in [6.07, 6.45) is 5.48. The maximum atomic E-state index is 4.81. The van der Waals surface area contributed by atoms with E-state index in [-0.39, 0.29) is 0 Å². The van der Waals surface area contributed by atoms with Crippen molar-refractivity contribution < 1.29 is 0 Å². The normalized spacial score (nSPS) is 11.2. The van der Waals surface area contributed by atoms with Gasteiger partial charge in [-0.05, 0) is 37.3 Å². The van der Waals surface area contributed by atoms with Gasteiger partial charge < -0.3 is 0 Å². The zero-order chi connectivity index (χ0) is 19.1. The van der Waals surface area contributed by atoms with E-state index in [9.17, 15) is 0 Å². The van der Waals surface area contributed by atoms with Gasteiger partial charge in [0, 0.05) is 36.3 Å². The summed E-state index contributed by atoms with van der Waals surface area (Å²) >= 11 is 0. The van der Waals surface area contributed by atoms with Crippen molar-refractivity contribution in [1.29, 1.82) is 0 Å². The molecule has 5 aromatic heterocycles. The van der Waals surface area contributed by atoms with Gasteiger partial charge in [0.2, 0.25) is 0 Å². The number of nitrogens with zero attached hydrogens (tertiary/aromatic N) is 7. The molecule has 8 heteroatoms. The molecule has 0 saturated carbocycles. The van der Waals surface area contributed by atoms with Crippen molar-refractivity contribution >= 4 is 11.0 Å². The van der Waals surface area contributed by atoms with Crippen LogP contribution in [0.2, 0.25) is 0 Å². The summed E-state index contributed by atoms with van der Waals surface area (Å²) in [4.78, 5) is 13.9. The van der Waals surface area contributed by atoms with Gasteiger partial charge in [0.15, 0.2) is 0 Å². The summed E-state index contributed by atoms with van der Waals surface area (Å²) < 4.78 is 1.66. The van der Waals surface area contributed by atoms with Crippen LogP contribution in [0.1, 0.15) is 5.69 Å². The van der Waals surface area contributed by atoms with E-state index in [4.69, 9.17) is 4.98 Å². The largest absolute Gasteiger partial charge is 0.284 e. The quantitative estimate of drug-likeness (QED) is 0.525. The third kappa shape index (κ3) is 2.81. The summed E-state index contributed by atoms with van der Waals surface area (Å²) in [5.41, 5.74) is 7.45. The Balaban J connectivity index is 1.62. The van der Waals surface area contributed by atoms with E-state index >= 15 is 0 Å². The Bertz CT molecular complexity index is 1300. The summed E-state index contributed by atoms with van der Waals surface area (Å²) in [6.45, 7) is 1.96. The predicted octanol–water partition coefficient (Wildman–Crippen LogP) is 3.19. The molecule has 0 unspecified atom stereocenters. The number of pyridine rings is 3. The van der Waals surface area contributed by atoms with Crippen LogP contribution in [0.25, 0.3) is 44.9 Å². The van der Waals surface area contributed by atoms with Gasteiger partial charge in [-0.2, -0.15) is 5.10 Å². The molecule has 0 amide bonds. The average Bonchev–Trinajstić information content (AvgIpc) is 3.36. The molecule has 5 heterocycles. The number of aromatic amines is 1. The maximum Gasteiger partial charge on any atom is 0.120 e. The van der Waals surface area contributed by atoms with Crippen LogP contribution in [0.3, 0.4) is 0 Å². The van der Waals surface area contributed by atoms with E-state index in [2.05, 4.69) is 30.5 Å². The number of aryl methyl sites for hydroxylation is 2. The fraction of sp³-hybridized carbons (Fsp3) is 0.100. The van der Waals surface area contributed by atoms with Crippen molar-refractivity contribution in [1.82, 2.24) is 40.1 Å². The minimum Gasteiger partial charge on any atom is -0.284 e. The highest BCUT2D eigenvalue weighted by Gasteiger charge is 2.14. The summed E-state index contributed by atoms with van der Waals surface area (Å²) in [7, 11) is 1.83. The van der Waals surface area contributed by atoms with Gasteiger partial charge >= 0.3 is 0 Å². The minimum absolute atomic E-state index is 0.761. The lowest BCUT2D eigenvalue weighted by molar-refractivity contribution is 0.715. The smallest absolute Gasteiger partial charge is 0.120 e. The van der Waals surface area contributed by atoms with Gasteiger partial charge in [0.1, 0.15) is 11.4 Å². The third-order valence-electron chi connectivity index (χ3n) is 4.48. The van der Waals surface area contributed by atoms with E-state index in [1.54, 1.807) is 10.9 Å². The highest BCUT2D eigenvalue weighted by atomic mass is 15.4. The van der Waals surface area contributed by atoms with Gasteiger partial charge in [0.25, 0.3) is 0 Å². The fourth-order valence-electron chi connectivity index (χ4n) is 3.13. The third-order valence-corrected chi connectivity index (χ3v) is 4.48. The molecule has 0 fully saturated rings. The Morgan fingerprint density at radius 2 is 1.89 bits per heavy atom. The first-order valence-electron chi connectivity index (χ1n) is 8.79. The second-order valence-corrected chi connectivity index (χ2v) is 6.55. The number of rotatable bonds is 3. The molecular weight excluding hydrogens is 352 g/mol. The molecule has 0 aliphatic carbocycles. The molecule has 0 aliphatic heterocycles. The van der Waals surface area contributed by atoms with E-state index in [1.165, 1.54) is 0 Å². The average molecular weight is 368 g/mol. The van der Waals surface area contributed by atoms with Crippen LogP contribution in [-0.4, -0.2) is 40.1 Å². The maximum absolute atomic E-state index is 4.81. The standard InChI is InChI=1S/C20H16N8/c1-12-4-3-5-17(23-12)20-14(10-22-26-20)15-6-7-16-18(24-15)8-13(9-21-16)19-11-28(2)27-25-19/h3-11H,1-2H3,(H,22,26). The molecule has 0 aromatic carbocycles. The lowest BCUT2D eigenvalue weighted by Gasteiger charge is -2.05. The van der Waals surface area contributed by atoms with Gasteiger partial charge in [-0.25, -0.2) is 4.98 Å². The first kappa shape index (κ1) is 16.2. The molecule has 28 heavy (non-hydrogen) atoms. The molecular formula is C20H16N8. The van der Waals surface area contributed by atoms with Crippen LogP contribution >= 0.6 is 0 Å². The van der Waals surface area contributed by atoms with Gasteiger partial charge in [0.05, 0.1) is 28.6 Å². The Morgan fingerprint density at radius 3 is 2.71 bits per heavy atom. The molecule has 0 bridgehead atoms. The zero-order valence-corrected chi connectivity index (χ0v) is 15.3. The summed E-state index contributed by atoms with van der Waals surface area (Å²) in [5.74, 6) is 0. The first-order valence-corrected chi connectivity index (χ1v) is 8.79. The van der Waals surface area contributed by atoms with Crippen LogP contribution in [0.15, 0.2) is 55.0 Å². The SMILES string of the molecule is Cc1cccc(-c2n[nH]cc2-c2ccc3ncc(-c4cn(C)nn4)cc3n2)n1. The van der Waals surface area contributed by atoms with Crippen molar-refractivity contribution in [2.45, 2.75) is 6.92 Å². The Labute approximate surface area is 160 Å². The Morgan fingerprint density at radius 1 is 0.964 bits per heavy atom. The number of fused-ring (bicyclic) bond motifs is 1. The van der Waals surface area contributed by atoms with Crippen LogP contribution in [0.5, 0.6) is 0 Å². The van der Waals surface area contributed by atoms with Crippen LogP contribution < -0.4 is 0 Å². The van der Waals surface area contributed by atoms with Crippen molar-refractivity contribution in [3.05, 3.63) is 60.7 Å². The second kappa shape index (κ2) is 6.34. The molecule has 0 saturated heterocycles. The van der Waals surface area contributed by atoms with Crippen molar-refractivity contribution in [2.75, 3.05) is 0 Å². The first-order chi connectivity index (χ1) is 13.7. The molecule has 0 spiro atoms. The van der Waals surface area contributed by atoms with Gasteiger partial charge in [-0.3, -0.25) is 19.7 Å². The molecule has 0 atom stereocenters. The van der Waals surface area contributed by atoms with Crippen LogP contribution in [-0.2, 0) is 7.05 Å². The molecule has 1 N–H and O–H groups in total. The monoisotopic (exact) mass is 368 g/mol. The van der Waals surface area contributed by atoms with Gasteiger partial charge in [-0.1, -0.05) is 11.3 Å². The fourth-order valence-corrected chi connectivity index (χ4v) is 3.13. The molecule has 136 valence electrons. The Kier molecular flexibility index (Phi) is 3.68. The lowest BCUT2D eigenvalue weighted by atomic mass is 10.1. The van der Waals surface area contributed by atoms with Crippen molar-refractivity contribution in [3.63, 3.8) is 0 Å². The van der Waals surface area contributed by atoms with E-state index in [1.807, 2.05) is 62.8 Å². The second-order valence-electron chi connectivity index (χ2n) is 6.55. The molecule has 0 radical (unpaired) electrons. The molecule has 0 aliphatic rings. The molecule has 8 nitrogen and oxygen atoms in total. The number of nitrogens with one attached hydrogen (secondary N) is 1. The summed E-state index contributed by atoms with van der Waals surface area (Å²) in [6, 6.07) is 11.8. The van der Waals surface area contributed by atoms with E-state index < -0.39 is 0 Å². The lowest BCUT2D eigenvalue weighted by Crippen LogP contribution is -1.92. The number of hydrogen-bond donors (Lipinski definition) is 1. The topological polar surface area (TPSA) is 98.1 Å². The van der Waals surface area contributed by atoms with Crippen molar-refractivity contribution in [3.8, 4) is 33.9 Å². The van der Waals surface area contributed by atoms with Gasteiger partial charge in [-0.15, -0.1) is 5.10 Å². The Hall–Kier alpha value is -3.94. The molecule has 5 rings (SSSR count). The summed E-state index contributed by atoms with van der Waals surface area (Å²) in [5, 5.41) is 15.5. The van der Waals surface area contributed by atoms with E-state index in [0.717, 1.165) is 50.6 Å². The number of hydrogen-bond acceptors (Lipinski definition) is 6. The minimum atomic E-state index is 0.761. The number of aromatic nitrogens is 8. The highest BCUT2D eigenvalue weighted by molar-refractivity contribution is 5.84. The zero-order valence-electron chi connectivity index (χ0n) is 15.3. The van der Waals surface area contributed by atoms with Crippen molar-refractivity contribution in [2.24, 2.45) is 7.05 Å². The van der Waals surface area contributed by atoms with E-state index in [0.29, 0.717) is 0 Å². The molecule has 5 aromatic rings.